The summed E-state index contributed by atoms with van der Waals surface area (Å²) in [5.41, 5.74) is 2.20. The molecule has 106 valence electrons. The standard InChI is InChI=1S/C15H19N3O2/c1-11(19)8-9-18(2)15(20)13-10-16-17-14(13)12-6-4-3-5-7-12/h3-7,10-11,19H,8-9H2,1-2H3,(H,16,17). The number of aliphatic hydroxyl groups excluding tert-OH is 1. The summed E-state index contributed by atoms with van der Waals surface area (Å²) in [5, 5.41) is 16.1. The highest BCUT2D eigenvalue weighted by atomic mass is 16.3. The fourth-order valence-electron chi connectivity index (χ4n) is 1.96. The molecule has 2 aromatic rings. The van der Waals surface area contributed by atoms with Crippen LogP contribution in [0.4, 0.5) is 0 Å². The van der Waals surface area contributed by atoms with Crippen LogP contribution in [0.1, 0.15) is 23.7 Å². The molecule has 0 spiro atoms. The number of amides is 1. The topological polar surface area (TPSA) is 69.2 Å². The van der Waals surface area contributed by atoms with E-state index < -0.39 is 6.10 Å². The molecule has 0 saturated carbocycles. The molecule has 1 heterocycles. The number of nitrogens with one attached hydrogen (secondary N) is 1. The molecule has 0 saturated heterocycles. The van der Waals surface area contributed by atoms with Gasteiger partial charge in [-0.2, -0.15) is 5.10 Å². The van der Waals surface area contributed by atoms with Crippen molar-refractivity contribution in [3.63, 3.8) is 0 Å². The van der Waals surface area contributed by atoms with Crippen LogP contribution in [0, 0.1) is 0 Å². The predicted octanol–water partition coefficient (Wildman–Crippen LogP) is 1.92. The van der Waals surface area contributed by atoms with Gasteiger partial charge in [0.05, 0.1) is 23.6 Å². The number of aromatic amines is 1. The second-order valence-corrected chi connectivity index (χ2v) is 4.89. The van der Waals surface area contributed by atoms with Crippen LogP contribution >= 0.6 is 0 Å². The average molecular weight is 273 g/mol. The summed E-state index contributed by atoms with van der Waals surface area (Å²) in [5.74, 6) is -0.0988. The normalized spacial score (nSPS) is 12.2. The van der Waals surface area contributed by atoms with Gasteiger partial charge < -0.3 is 10.0 Å². The van der Waals surface area contributed by atoms with E-state index >= 15 is 0 Å². The zero-order valence-corrected chi connectivity index (χ0v) is 11.7. The number of carbonyl (C=O) groups excluding carboxylic acids is 1. The maximum Gasteiger partial charge on any atom is 0.257 e. The highest BCUT2D eigenvalue weighted by molar-refractivity contribution is 5.99. The lowest BCUT2D eigenvalue weighted by atomic mass is 10.1. The number of benzene rings is 1. The molecule has 0 aliphatic rings. The molecule has 1 amide bonds. The summed E-state index contributed by atoms with van der Waals surface area (Å²) in [6, 6.07) is 9.62. The quantitative estimate of drug-likeness (QED) is 0.874. The molecule has 1 atom stereocenters. The molecule has 5 nitrogen and oxygen atoms in total. The van der Waals surface area contributed by atoms with Crippen LogP contribution in [0.3, 0.4) is 0 Å². The van der Waals surface area contributed by atoms with Crippen molar-refractivity contribution in [3.8, 4) is 11.3 Å². The Kier molecular flexibility index (Phi) is 4.53. The Hall–Kier alpha value is -2.14. The first-order valence-corrected chi connectivity index (χ1v) is 6.62. The van der Waals surface area contributed by atoms with E-state index in [1.165, 1.54) is 0 Å². The van der Waals surface area contributed by atoms with E-state index in [2.05, 4.69) is 10.2 Å². The maximum atomic E-state index is 12.4. The number of hydrogen-bond acceptors (Lipinski definition) is 3. The van der Waals surface area contributed by atoms with Crippen LogP contribution in [0.2, 0.25) is 0 Å². The minimum Gasteiger partial charge on any atom is -0.393 e. The van der Waals surface area contributed by atoms with Crippen LogP contribution < -0.4 is 0 Å². The van der Waals surface area contributed by atoms with Gasteiger partial charge in [0, 0.05) is 19.2 Å². The van der Waals surface area contributed by atoms with Crippen molar-refractivity contribution in [2.45, 2.75) is 19.4 Å². The molecule has 5 heteroatoms. The smallest absolute Gasteiger partial charge is 0.257 e. The fraction of sp³-hybridized carbons (Fsp3) is 0.333. The predicted molar refractivity (Wildman–Crippen MR) is 77.3 cm³/mol. The zero-order valence-electron chi connectivity index (χ0n) is 11.7. The Bertz CT molecular complexity index is 564. The van der Waals surface area contributed by atoms with Crippen molar-refractivity contribution in [1.29, 1.82) is 0 Å². The third-order valence-corrected chi connectivity index (χ3v) is 3.16. The van der Waals surface area contributed by atoms with Crippen molar-refractivity contribution < 1.29 is 9.90 Å². The van der Waals surface area contributed by atoms with Gasteiger partial charge in [0.25, 0.3) is 5.91 Å². The van der Waals surface area contributed by atoms with Crippen molar-refractivity contribution >= 4 is 5.91 Å². The maximum absolute atomic E-state index is 12.4. The van der Waals surface area contributed by atoms with Gasteiger partial charge in [0.15, 0.2) is 0 Å². The lowest BCUT2D eigenvalue weighted by molar-refractivity contribution is 0.0770. The van der Waals surface area contributed by atoms with E-state index in [0.29, 0.717) is 18.5 Å². The van der Waals surface area contributed by atoms with E-state index in [1.807, 2.05) is 30.3 Å². The summed E-state index contributed by atoms with van der Waals surface area (Å²) in [7, 11) is 1.73. The van der Waals surface area contributed by atoms with E-state index in [4.69, 9.17) is 0 Å². The van der Waals surface area contributed by atoms with Crippen LogP contribution in [0.15, 0.2) is 36.5 Å². The summed E-state index contributed by atoms with van der Waals surface area (Å²) in [4.78, 5) is 14.0. The number of hydrogen-bond donors (Lipinski definition) is 2. The summed E-state index contributed by atoms with van der Waals surface area (Å²) in [6.07, 6.45) is 1.69. The Morgan fingerprint density at radius 1 is 1.40 bits per heavy atom. The van der Waals surface area contributed by atoms with E-state index in [9.17, 15) is 9.90 Å². The Morgan fingerprint density at radius 3 is 2.75 bits per heavy atom. The van der Waals surface area contributed by atoms with Gasteiger partial charge in [-0.1, -0.05) is 30.3 Å². The summed E-state index contributed by atoms with van der Waals surface area (Å²) >= 11 is 0. The third kappa shape index (κ3) is 3.24. The van der Waals surface area contributed by atoms with Gasteiger partial charge in [0.1, 0.15) is 0 Å². The van der Waals surface area contributed by atoms with Crippen molar-refractivity contribution in [3.05, 3.63) is 42.1 Å². The van der Waals surface area contributed by atoms with Gasteiger partial charge in [0.2, 0.25) is 0 Å². The first-order valence-electron chi connectivity index (χ1n) is 6.62. The Morgan fingerprint density at radius 2 is 2.10 bits per heavy atom. The minimum atomic E-state index is -0.414. The van der Waals surface area contributed by atoms with Crippen LogP contribution in [0.25, 0.3) is 11.3 Å². The van der Waals surface area contributed by atoms with Gasteiger partial charge in [-0.3, -0.25) is 9.89 Å². The van der Waals surface area contributed by atoms with Crippen molar-refractivity contribution in [2.24, 2.45) is 0 Å². The molecule has 0 bridgehead atoms. The number of nitrogens with zero attached hydrogens (tertiary/aromatic N) is 2. The average Bonchev–Trinajstić information content (AvgIpc) is 2.94. The molecule has 2 N–H and O–H groups in total. The molecule has 20 heavy (non-hydrogen) atoms. The first kappa shape index (κ1) is 14.3. The molecule has 0 radical (unpaired) electrons. The minimum absolute atomic E-state index is 0.0988. The molecule has 0 fully saturated rings. The largest absolute Gasteiger partial charge is 0.393 e. The highest BCUT2D eigenvalue weighted by Crippen LogP contribution is 2.21. The number of carbonyl (C=O) groups is 1. The fourth-order valence-corrected chi connectivity index (χ4v) is 1.96. The molecule has 2 rings (SSSR count). The number of aromatic nitrogens is 2. The number of rotatable bonds is 5. The molecule has 1 unspecified atom stereocenters. The van der Waals surface area contributed by atoms with Crippen LogP contribution in [0.5, 0.6) is 0 Å². The van der Waals surface area contributed by atoms with Crippen molar-refractivity contribution in [2.75, 3.05) is 13.6 Å². The summed E-state index contributed by atoms with van der Waals surface area (Å²) < 4.78 is 0. The van der Waals surface area contributed by atoms with Gasteiger partial charge in [-0.15, -0.1) is 0 Å². The first-order chi connectivity index (χ1) is 9.59. The van der Waals surface area contributed by atoms with E-state index in [0.717, 1.165) is 11.3 Å². The second-order valence-electron chi connectivity index (χ2n) is 4.89. The third-order valence-electron chi connectivity index (χ3n) is 3.16. The second kappa shape index (κ2) is 6.34. The summed E-state index contributed by atoms with van der Waals surface area (Å²) in [6.45, 7) is 2.22. The molecule has 1 aromatic heterocycles. The zero-order chi connectivity index (χ0) is 14.5. The van der Waals surface area contributed by atoms with E-state index in [-0.39, 0.29) is 5.91 Å². The highest BCUT2D eigenvalue weighted by Gasteiger charge is 2.18. The van der Waals surface area contributed by atoms with Crippen molar-refractivity contribution in [1.82, 2.24) is 15.1 Å². The monoisotopic (exact) mass is 273 g/mol. The molecule has 0 aliphatic carbocycles. The van der Waals surface area contributed by atoms with Crippen LogP contribution in [-0.4, -0.2) is 45.8 Å². The lowest BCUT2D eigenvalue weighted by Gasteiger charge is -2.18. The Balaban J connectivity index is 2.18. The van der Waals surface area contributed by atoms with Gasteiger partial charge in [-0.05, 0) is 13.3 Å². The van der Waals surface area contributed by atoms with Gasteiger partial charge in [-0.25, -0.2) is 0 Å². The molecular weight excluding hydrogens is 254 g/mol. The number of aliphatic hydroxyl groups is 1. The van der Waals surface area contributed by atoms with Gasteiger partial charge >= 0.3 is 0 Å². The van der Waals surface area contributed by atoms with Crippen LogP contribution in [-0.2, 0) is 0 Å². The number of H-pyrrole nitrogens is 1. The molecule has 1 aromatic carbocycles. The molecule has 0 aliphatic heterocycles. The SMILES string of the molecule is CC(O)CCN(C)C(=O)c1cn[nH]c1-c1ccccc1. The molecular formula is C15H19N3O2. The lowest BCUT2D eigenvalue weighted by Crippen LogP contribution is -2.29. The Labute approximate surface area is 118 Å². The van der Waals surface area contributed by atoms with E-state index in [1.54, 1.807) is 25.1 Å².